The molecule has 0 aliphatic heterocycles. The van der Waals surface area contributed by atoms with E-state index in [4.69, 9.17) is 0 Å². The van der Waals surface area contributed by atoms with Crippen LogP contribution >= 0.6 is 11.8 Å². The lowest BCUT2D eigenvalue weighted by atomic mass is 10.1. The third-order valence-electron chi connectivity index (χ3n) is 3.35. The number of hydrogen-bond acceptors (Lipinski definition) is 2. The highest BCUT2D eigenvalue weighted by Gasteiger charge is 2.02. The van der Waals surface area contributed by atoms with E-state index in [1.54, 1.807) is 11.8 Å². The lowest BCUT2D eigenvalue weighted by Gasteiger charge is -2.07. The van der Waals surface area contributed by atoms with Gasteiger partial charge in [-0.1, -0.05) is 48.6 Å². The molecule has 1 N–H and O–H groups in total. The Labute approximate surface area is 136 Å². The molecule has 0 bridgehead atoms. The van der Waals surface area contributed by atoms with Crippen molar-refractivity contribution < 1.29 is 4.79 Å². The summed E-state index contributed by atoms with van der Waals surface area (Å²) in [6.45, 7) is 4.12. The van der Waals surface area contributed by atoms with E-state index in [0.717, 1.165) is 11.4 Å². The molecular weight excluding hydrogens is 290 g/mol. The van der Waals surface area contributed by atoms with Gasteiger partial charge in [0.05, 0.1) is 5.75 Å². The number of carbonyl (C=O) groups excluding carboxylic acids is 1. The Morgan fingerprint density at radius 3 is 2.59 bits per heavy atom. The van der Waals surface area contributed by atoms with Gasteiger partial charge in [0, 0.05) is 11.4 Å². The third-order valence-corrected chi connectivity index (χ3v) is 4.24. The summed E-state index contributed by atoms with van der Waals surface area (Å²) in [6.07, 6.45) is 4.16. The van der Waals surface area contributed by atoms with Gasteiger partial charge in [-0.3, -0.25) is 4.79 Å². The first-order valence-electron chi connectivity index (χ1n) is 7.31. The Morgan fingerprint density at radius 2 is 1.86 bits per heavy atom. The number of benzene rings is 2. The lowest BCUT2D eigenvalue weighted by molar-refractivity contribution is -0.113. The molecule has 2 aromatic carbocycles. The lowest BCUT2D eigenvalue weighted by Crippen LogP contribution is -2.14. The molecule has 0 aliphatic rings. The van der Waals surface area contributed by atoms with Crippen LogP contribution in [0.4, 0.5) is 5.69 Å². The number of aryl methyl sites for hydroxylation is 2. The number of nitrogens with one attached hydrogen (secondary N) is 1. The molecule has 0 atom stereocenters. The standard InChI is InChI=1S/C19H21NOS/c1-15-10-11-18(13-16(15)2)20-19(21)14-22-12-6-9-17-7-4-3-5-8-17/h3-11,13H,12,14H2,1-2H3,(H,20,21)/b9-6+. The molecule has 22 heavy (non-hydrogen) atoms. The molecule has 0 heterocycles. The van der Waals surface area contributed by atoms with Crippen LogP contribution in [0.15, 0.2) is 54.6 Å². The second-order valence-corrected chi connectivity index (χ2v) is 6.21. The first kappa shape index (κ1) is 16.4. The van der Waals surface area contributed by atoms with Crippen molar-refractivity contribution in [2.24, 2.45) is 0 Å². The highest BCUT2D eigenvalue weighted by Crippen LogP contribution is 2.14. The van der Waals surface area contributed by atoms with Gasteiger partial charge in [0.2, 0.25) is 5.91 Å². The minimum absolute atomic E-state index is 0.0429. The van der Waals surface area contributed by atoms with Crippen molar-refractivity contribution >= 4 is 29.4 Å². The Hall–Kier alpha value is -2.00. The third kappa shape index (κ3) is 5.41. The highest BCUT2D eigenvalue weighted by atomic mass is 32.2. The van der Waals surface area contributed by atoms with Crippen molar-refractivity contribution in [1.82, 2.24) is 0 Å². The van der Waals surface area contributed by atoms with E-state index in [2.05, 4.69) is 36.5 Å². The van der Waals surface area contributed by atoms with Crippen LogP contribution in [-0.2, 0) is 4.79 Å². The van der Waals surface area contributed by atoms with Gasteiger partial charge < -0.3 is 5.32 Å². The molecule has 1 amide bonds. The maximum Gasteiger partial charge on any atom is 0.234 e. The highest BCUT2D eigenvalue weighted by molar-refractivity contribution is 8.00. The first-order valence-corrected chi connectivity index (χ1v) is 8.47. The SMILES string of the molecule is Cc1ccc(NC(=O)CSC/C=C/c2ccccc2)cc1C. The first-order chi connectivity index (χ1) is 10.6. The van der Waals surface area contributed by atoms with Gasteiger partial charge in [0.15, 0.2) is 0 Å². The van der Waals surface area contributed by atoms with Crippen molar-refractivity contribution in [3.8, 4) is 0 Å². The smallest absolute Gasteiger partial charge is 0.234 e. The number of hydrogen-bond donors (Lipinski definition) is 1. The van der Waals surface area contributed by atoms with E-state index in [1.165, 1.54) is 16.7 Å². The van der Waals surface area contributed by atoms with Crippen molar-refractivity contribution in [2.75, 3.05) is 16.8 Å². The van der Waals surface area contributed by atoms with E-state index >= 15 is 0 Å². The van der Waals surface area contributed by atoms with Gasteiger partial charge in [0.25, 0.3) is 0 Å². The van der Waals surface area contributed by atoms with Gasteiger partial charge in [-0.15, -0.1) is 11.8 Å². The molecule has 2 nitrogen and oxygen atoms in total. The molecule has 0 saturated carbocycles. The summed E-state index contributed by atoms with van der Waals surface area (Å²) in [5, 5.41) is 2.93. The Bertz CT molecular complexity index is 650. The number of anilines is 1. The average Bonchev–Trinajstić information content (AvgIpc) is 2.52. The summed E-state index contributed by atoms with van der Waals surface area (Å²) in [5.74, 6) is 1.34. The molecule has 0 aromatic heterocycles. The van der Waals surface area contributed by atoms with E-state index in [1.807, 2.05) is 43.3 Å². The van der Waals surface area contributed by atoms with E-state index < -0.39 is 0 Å². The normalized spacial score (nSPS) is 10.8. The van der Waals surface area contributed by atoms with Gasteiger partial charge in [-0.2, -0.15) is 0 Å². The van der Waals surface area contributed by atoms with Crippen molar-refractivity contribution in [3.63, 3.8) is 0 Å². The van der Waals surface area contributed by atoms with Crippen LogP contribution in [-0.4, -0.2) is 17.4 Å². The minimum Gasteiger partial charge on any atom is -0.325 e. The molecule has 114 valence electrons. The predicted molar refractivity (Wildman–Crippen MR) is 97.3 cm³/mol. The van der Waals surface area contributed by atoms with Crippen LogP contribution in [0.5, 0.6) is 0 Å². The molecule has 2 rings (SSSR count). The zero-order valence-electron chi connectivity index (χ0n) is 13.0. The molecule has 3 heteroatoms. The zero-order chi connectivity index (χ0) is 15.8. The van der Waals surface area contributed by atoms with Crippen molar-refractivity contribution in [2.45, 2.75) is 13.8 Å². The largest absolute Gasteiger partial charge is 0.325 e. The fourth-order valence-electron chi connectivity index (χ4n) is 1.98. The van der Waals surface area contributed by atoms with E-state index in [9.17, 15) is 4.79 Å². The fourth-order valence-corrected chi connectivity index (χ4v) is 2.59. The zero-order valence-corrected chi connectivity index (χ0v) is 13.8. The second-order valence-electron chi connectivity index (χ2n) is 5.18. The summed E-state index contributed by atoms with van der Waals surface area (Å²) in [7, 11) is 0. The van der Waals surface area contributed by atoms with E-state index in [-0.39, 0.29) is 5.91 Å². The molecular formula is C19H21NOS. The summed E-state index contributed by atoms with van der Waals surface area (Å²) in [6, 6.07) is 16.1. The average molecular weight is 311 g/mol. The molecule has 0 saturated heterocycles. The fraction of sp³-hybridized carbons (Fsp3) is 0.211. The van der Waals surface area contributed by atoms with Gasteiger partial charge in [-0.25, -0.2) is 0 Å². The Morgan fingerprint density at radius 1 is 1.09 bits per heavy atom. The number of thioether (sulfide) groups is 1. The van der Waals surface area contributed by atoms with Crippen molar-refractivity contribution in [1.29, 1.82) is 0 Å². The summed E-state index contributed by atoms with van der Waals surface area (Å²) < 4.78 is 0. The number of amides is 1. The second kappa shape index (κ2) is 8.44. The van der Waals surface area contributed by atoms with Crippen LogP contribution in [0.1, 0.15) is 16.7 Å². The van der Waals surface area contributed by atoms with E-state index in [0.29, 0.717) is 5.75 Å². The molecule has 0 radical (unpaired) electrons. The molecule has 0 unspecified atom stereocenters. The molecule has 0 spiro atoms. The summed E-state index contributed by atoms with van der Waals surface area (Å²) in [5.41, 5.74) is 4.48. The van der Waals surface area contributed by atoms with Gasteiger partial charge in [-0.05, 0) is 42.7 Å². The van der Waals surface area contributed by atoms with Crippen LogP contribution in [0.2, 0.25) is 0 Å². The molecule has 0 fully saturated rings. The molecule has 0 aliphatic carbocycles. The Kier molecular flexibility index (Phi) is 6.28. The maximum atomic E-state index is 11.9. The number of carbonyl (C=O) groups is 1. The monoisotopic (exact) mass is 311 g/mol. The van der Waals surface area contributed by atoms with Gasteiger partial charge >= 0.3 is 0 Å². The van der Waals surface area contributed by atoms with Crippen LogP contribution in [0.3, 0.4) is 0 Å². The maximum absolute atomic E-state index is 11.9. The van der Waals surface area contributed by atoms with Crippen LogP contribution in [0.25, 0.3) is 6.08 Å². The summed E-state index contributed by atoms with van der Waals surface area (Å²) >= 11 is 1.61. The minimum atomic E-state index is 0.0429. The van der Waals surface area contributed by atoms with Crippen LogP contribution in [0, 0.1) is 13.8 Å². The number of rotatable bonds is 6. The Balaban J connectivity index is 1.71. The van der Waals surface area contributed by atoms with Gasteiger partial charge in [0.1, 0.15) is 0 Å². The molecule has 2 aromatic rings. The summed E-state index contributed by atoms with van der Waals surface area (Å²) in [4.78, 5) is 11.9. The quantitative estimate of drug-likeness (QED) is 0.784. The predicted octanol–water partition coefficient (Wildman–Crippen LogP) is 4.69. The van der Waals surface area contributed by atoms with Crippen molar-refractivity contribution in [3.05, 3.63) is 71.3 Å². The topological polar surface area (TPSA) is 29.1 Å². The van der Waals surface area contributed by atoms with Crippen LogP contribution < -0.4 is 5.32 Å².